The second-order valence-electron chi connectivity index (χ2n) is 3.58. The number of halogens is 2. The van der Waals surface area contributed by atoms with E-state index in [0.717, 1.165) is 18.6 Å². The summed E-state index contributed by atoms with van der Waals surface area (Å²) in [7, 11) is 0. The highest BCUT2D eigenvalue weighted by molar-refractivity contribution is 5.75. The molecular weight excluding hydrogens is 214 g/mol. The van der Waals surface area contributed by atoms with Crippen molar-refractivity contribution < 1.29 is 18.3 Å². The van der Waals surface area contributed by atoms with E-state index in [1.807, 2.05) is 0 Å². The first-order chi connectivity index (χ1) is 7.59. The van der Waals surface area contributed by atoms with Gasteiger partial charge in [-0.05, 0) is 31.9 Å². The maximum atomic E-state index is 13.1. The minimum Gasteiger partial charge on any atom is -0.491 e. The van der Waals surface area contributed by atoms with Crippen LogP contribution in [0.5, 0.6) is 5.75 Å². The van der Waals surface area contributed by atoms with Crippen LogP contribution in [0, 0.1) is 11.6 Å². The van der Waals surface area contributed by atoms with Crippen molar-refractivity contribution in [2.75, 3.05) is 6.61 Å². The fourth-order valence-corrected chi connectivity index (χ4v) is 1.25. The first-order valence-corrected chi connectivity index (χ1v) is 5.17. The number of rotatable bonds is 6. The molecule has 1 aromatic carbocycles. The summed E-state index contributed by atoms with van der Waals surface area (Å²) in [5.41, 5.74) is 0. The highest BCUT2D eigenvalue weighted by atomic mass is 19.1. The van der Waals surface area contributed by atoms with Crippen LogP contribution in [0.4, 0.5) is 8.78 Å². The van der Waals surface area contributed by atoms with Crippen LogP contribution in [-0.4, -0.2) is 12.4 Å². The molecule has 16 heavy (non-hydrogen) atoms. The summed E-state index contributed by atoms with van der Waals surface area (Å²) in [5, 5.41) is 0. The van der Waals surface area contributed by atoms with Gasteiger partial charge in [-0.15, -0.1) is 0 Å². The van der Waals surface area contributed by atoms with Gasteiger partial charge in [0.15, 0.2) is 11.6 Å². The van der Waals surface area contributed by atoms with Crippen molar-refractivity contribution in [1.29, 1.82) is 0 Å². The van der Waals surface area contributed by atoms with E-state index in [-0.39, 0.29) is 11.5 Å². The largest absolute Gasteiger partial charge is 0.491 e. The first-order valence-electron chi connectivity index (χ1n) is 5.17. The molecule has 0 heterocycles. The van der Waals surface area contributed by atoms with Gasteiger partial charge in [-0.25, -0.2) is 8.78 Å². The normalized spacial score (nSPS) is 10.2. The number of ketones is 1. The molecule has 0 aliphatic carbocycles. The predicted octanol–water partition coefficient (Wildman–Crippen LogP) is 3.10. The smallest absolute Gasteiger partial charge is 0.167 e. The van der Waals surface area contributed by atoms with Gasteiger partial charge in [0, 0.05) is 12.5 Å². The van der Waals surface area contributed by atoms with Crippen LogP contribution in [0.1, 0.15) is 26.2 Å². The average molecular weight is 228 g/mol. The summed E-state index contributed by atoms with van der Waals surface area (Å²) in [5.74, 6) is -1.15. The molecule has 0 fully saturated rings. The zero-order valence-electron chi connectivity index (χ0n) is 9.13. The summed E-state index contributed by atoms with van der Waals surface area (Å²) < 4.78 is 30.7. The molecule has 0 radical (unpaired) electrons. The summed E-state index contributed by atoms with van der Waals surface area (Å²) in [6.45, 7) is 1.86. The Morgan fingerprint density at radius 2 is 2.06 bits per heavy atom. The van der Waals surface area contributed by atoms with E-state index in [9.17, 15) is 13.6 Å². The lowest BCUT2D eigenvalue weighted by Crippen LogP contribution is -2.00. The van der Waals surface area contributed by atoms with Crippen LogP contribution in [0.2, 0.25) is 0 Å². The molecular formula is C12H14F2O2. The number of Topliss-reactive ketones (excluding diaryl/α,β-unsaturated/α-hetero) is 1. The highest BCUT2D eigenvalue weighted by Crippen LogP contribution is 2.17. The Kier molecular flexibility index (Phi) is 4.89. The Hall–Kier alpha value is -1.45. The fourth-order valence-electron chi connectivity index (χ4n) is 1.25. The van der Waals surface area contributed by atoms with Crippen LogP contribution in [0.25, 0.3) is 0 Å². The second-order valence-corrected chi connectivity index (χ2v) is 3.58. The van der Waals surface area contributed by atoms with Crippen LogP contribution >= 0.6 is 0 Å². The summed E-state index contributed by atoms with van der Waals surface area (Å²) in [6.07, 6.45) is 1.91. The monoisotopic (exact) mass is 228 g/mol. The van der Waals surface area contributed by atoms with Crippen molar-refractivity contribution in [2.24, 2.45) is 0 Å². The van der Waals surface area contributed by atoms with E-state index in [2.05, 4.69) is 0 Å². The lowest BCUT2D eigenvalue weighted by molar-refractivity contribution is -0.117. The summed E-state index contributed by atoms with van der Waals surface area (Å²) in [4.78, 5) is 10.6. The molecule has 0 N–H and O–H groups in total. The van der Waals surface area contributed by atoms with Crippen LogP contribution in [0.3, 0.4) is 0 Å². The average Bonchev–Trinajstić information content (AvgIpc) is 2.20. The molecule has 0 saturated heterocycles. The van der Waals surface area contributed by atoms with Gasteiger partial charge >= 0.3 is 0 Å². The van der Waals surface area contributed by atoms with Gasteiger partial charge in [0.25, 0.3) is 0 Å². The first kappa shape index (κ1) is 12.6. The molecule has 1 aromatic rings. The van der Waals surface area contributed by atoms with Gasteiger partial charge in [-0.2, -0.15) is 0 Å². The van der Waals surface area contributed by atoms with Gasteiger partial charge < -0.3 is 9.53 Å². The summed E-state index contributed by atoms with van der Waals surface area (Å²) >= 11 is 0. The van der Waals surface area contributed by atoms with Gasteiger partial charge in [-0.3, -0.25) is 0 Å². The second kappa shape index (κ2) is 6.20. The number of hydrogen-bond donors (Lipinski definition) is 0. The quantitative estimate of drug-likeness (QED) is 0.699. The maximum absolute atomic E-state index is 13.1. The van der Waals surface area contributed by atoms with E-state index in [4.69, 9.17) is 4.74 Å². The summed E-state index contributed by atoms with van der Waals surface area (Å²) in [6, 6.07) is 3.19. The van der Waals surface area contributed by atoms with E-state index < -0.39 is 11.6 Å². The zero-order chi connectivity index (χ0) is 12.0. The van der Waals surface area contributed by atoms with Crippen molar-refractivity contribution in [1.82, 2.24) is 0 Å². The molecule has 0 aliphatic heterocycles. The molecule has 0 spiro atoms. The van der Waals surface area contributed by atoms with Crippen molar-refractivity contribution in [3.05, 3.63) is 29.8 Å². The van der Waals surface area contributed by atoms with Crippen LogP contribution in [0.15, 0.2) is 18.2 Å². The van der Waals surface area contributed by atoms with E-state index in [1.54, 1.807) is 0 Å². The Labute approximate surface area is 93.2 Å². The lowest BCUT2D eigenvalue weighted by atomic mass is 10.2. The molecule has 88 valence electrons. The molecule has 1 rings (SSSR count). The number of carbonyl (C=O) groups is 1. The standard InChI is InChI=1S/C12H14F2O2/c1-9(15)4-2-3-7-16-12-6-5-10(13)8-11(12)14/h5-6,8H,2-4,7H2,1H3. The fraction of sp³-hybridized carbons (Fsp3) is 0.417. The molecule has 2 nitrogen and oxygen atoms in total. The Morgan fingerprint density at radius 3 is 2.69 bits per heavy atom. The number of unbranched alkanes of at least 4 members (excludes halogenated alkanes) is 1. The SMILES string of the molecule is CC(=O)CCCCOc1ccc(F)cc1F. The highest BCUT2D eigenvalue weighted by Gasteiger charge is 2.04. The molecule has 0 aliphatic rings. The molecule has 0 unspecified atom stereocenters. The zero-order valence-corrected chi connectivity index (χ0v) is 9.13. The van der Waals surface area contributed by atoms with Crippen LogP contribution in [-0.2, 0) is 4.79 Å². The van der Waals surface area contributed by atoms with Crippen LogP contribution < -0.4 is 4.74 Å². The van der Waals surface area contributed by atoms with Gasteiger partial charge in [0.2, 0.25) is 0 Å². The van der Waals surface area contributed by atoms with E-state index in [1.165, 1.54) is 13.0 Å². The minimum absolute atomic E-state index is 0.0456. The van der Waals surface area contributed by atoms with Crippen molar-refractivity contribution in [2.45, 2.75) is 26.2 Å². The lowest BCUT2D eigenvalue weighted by Gasteiger charge is -2.06. The number of ether oxygens (including phenoxy) is 1. The molecule has 4 heteroatoms. The molecule has 0 aromatic heterocycles. The van der Waals surface area contributed by atoms with E-state index >= 15 is 0 Å². The van der Waals surface area contributed by atoms with Crippen molar-refractivity contribution >= 4 is 5.78 Å². The minimum atomic E-state index is -0.702. The third-order valence-corrected chi connectivity index (χ3v) is 2.07. The molecule has 0 bridgehead atoms. The van der Waals surface area contributed by atoms with Gasteiger partial charge in [-0.1, -0.05) is 0 Å². The number of benzene rings is 1. The topological polar surface area (TPSA) is 26.3 Å². The Morgan fingerprint density at radius 1 is 1.31 bits per heavy atom. The van der Waals surface area contributed by atoms with Crippen molar-refractivity contribution in [3.8, 4) is 5.75 Å². The van der Waals surface area contributed by atoms with Crippen molar-refractivity contribution in [3.63, 3.8) is 0 Å². The molecule has 0 atom stereocenters. The Balaban J connectivity index is 2.29. The number of hydrogen-bond acceptors (Lipinski definition) is 2. The third-order valence-electron chi connectivity index (χ3n) is 2.07. The predicted molar refractivity (Wildman–Crippen MR) is 56.4 cm³/mol. The van der Waals surface area contributed by atoms with E-state index in [0.29, 0.717) is 19.4 Å². The third kappa shape index (κ3) is 4.38. The molecule has 0 amide bonds. The van der Waals surface area contributed by atoms with Gasteiger partial charge in [0.1, 0.15) is 11.6 Å². The van der Waals surface area contributed by atoms with Gasteiger partial charge in [0.05, 0.1) is 6.61 Å². The number of carbonyl (C=O) groups excluding carboxylic acids is 1. The Bertz CT molecular complexity index is 364. The molecule has 0 saturated carbocycles. The maximum Gasteiger partial charge on any atom is 0.167 e.